The number of H-pyrrole nitrogens is 1. The highest BCUT2D eigenvalue weighted by Crippen LogP contribution is 2.39. The number of nitrogen functional groups attached to an aromatic ring is 1. The molecule has 0 unspecified atom stereocenters. The molecule has 0 spiro atoms. The predicted molar refractivity (Wildman–Crippen MR) is 166 cm³/mol. The molecule has 1 fully saturated rings. The molecule has 0 atom stereocenters. The van der Waals surface area contributed by atoms with Crippen molar-refractivity contribution in [3.63, 3.8) is 0 Å². The summed E-state index contributed by atoms with van der Waals surface area (Å²) in [6, 6.07) is 20.7. The number of anilines is 1. The first-order chi connectivity index (χ1) is 21.3. The topological polar surface area (TPSA) is 146 Å². The summed E-state index contributed by atoms with van der Waals surface area (Å²) in [4.78, 5) is 22.3. The van der Waals surface area contributed by atoms with Crippen molar-refractivity contribution < 1.29 is 13.2 Å². The first-order valence-electron chi connectivity index (χ1n) is 14.1. The number of ketones is 1. The molecule has 3 N–H and O–H groups in total. The summed E-state index contributed by atoms with van der Waals surface area (Å²) in [6.45, 7) is 0. The van der Waals surface area contributed by atoms with Gasteiger partial charge in [-0.05, 0) is 60.9 Å². The minimum Gasteiger partial charge on any atom is -0.383 e. The Hall–Kier alpha value is -5.49. The summed E-state index contributed by atoms with van der Waals surface area (Å²) < 4.78 is 32.5. The molecule has 1 aliphatic rings. The summed E-state index contributed by atoms with van der Waals surface area (Å²) in [7, 11) is -2.38. The Morgan fingerprint density at radius 3 is 2.52 bits per heavy atom. The highest BCUT2D eigenvalue weighted by atomic mass is 32.2. The van der Waals surface area contributed by atoms with Crippen molar-refractivity contribution in [2.24, 2.45) is 7.05 Å². The Labute approximate surface area is 251 Å². The van der Waals surface area contributed by atoms with Crippen molar-refractivity contribution in [3.05, 3.63) is 108 Å². The van der Waals surface area contributed by atoms with Gasteiger partial charge in [0.25, 0.3) is 10.0 Å². The Morgan fingerprint density at radius 2 is 1.77 bits per heavy atom. The molecule has 1 aliphatic carbocycles. The Balaban J connectivity index is 1.26. The average molecular weight is 603 g/mol. The molecule has 0 bridgehead atoms. The van der Waals surface area contributed by atoms with Crippen molar-refractivity contribution in [2.75, 3.05) is 5.73 Å². The van der Waals surface area contributed by atoms with Crippen LogP contribution in [0.1, 0.15) is 40.6 Å². The molecule has 44 heavy (non-hydrogen) atoms. The van der Waals surface area contributed by atoms with E-state index in [9.17, 15) is 13.2 Å². The van der Waals surface area contributed by atoms with Crippen molar-refractivity contribution in [1.29, 1.82) is 0 Å². The van der Waals surface area contributed by atoms with Crippen LogP contribution in [-0.4, -0.2) is 47.7 Å². The third-order valence-electron chi connectivity index (χ3n) is 8.06. The zero-order valence-corrected chi connectivity index (χ0v) is 24.4. The van der Waals surface area contributed by atoms with E-state index < -0.39 is 15.8 Å². The number of aromatic nitrogens is 7. The van der Waals surface area contributed by atoms with Gasteiger partial charge in [0.05, 0.1) is 45.1 Å². The number of carbonyl (C=O) groups excluding carboxylic acids is 1. The van der Waals surface area contributed by atoms with Crippen LogP contribution < -0.4 is 5.73 Å². The number of imidazole rings is 1. The fourth-order valence-electron chi connectivity index (χ4n) is 5.62. The van der Waals surface area contributed by atoms with Crippen LogP contribution in [-0.2, 0) is 17.1 Å². The molecule has 11 nitrogen and oxygen atoms in total. The van der Waals surface area contributed by atoms with Crippen LogP contribution in [0.25, 0.3) is 38.8 Å². The van der Waals surface area contributed by atoms with Crippen LogP contribution >= 0.6 is 0 Å². The predicted octanol–water partition coefficient (Wildman–Crippen LogP) is 5.03. The number of benzene rings is 3. The number of aromatic amines is 1. The minimum atomic E-state index is -4.19. The van der Waals surface area contributed by atoms with Gasteiger partial charge in [-0.15, -0.1) is 0 Å². The van der Waals surface area contributed by atoms with E-state index in [1.54, 1.807) is 47.3 Å². The van der Waals surface area contributed by atoms with Gasteiger partial charge in [-0.3, -0.25) is 9.48 Å². The first-order valence-corrected chi connectivity index (χ1v) is 15.6. The van der Waals surface area contributed by atoms with Crippen LogP contribution in [0.15, 0.2) is 96.3 Å². The highest BCUT2D eigenvalue weighted by Gasteiger charge is 2.30. The van der Waals surface area contributed by atoms with E-state index in [4.69, 9.17) is 5.73 Å². The molecule has 0 aliphatic heterocycles. The molecule has 12 heteroatoms. The number of hydrogen-bond acceptors (Lipinski definition) is 7. The van der Waals surface area contributed by atoms with Crippen LogP contribution in [0.4, 0.5) is 5.82 Å². The van der Waals surface area contributed by atoms with Crippen molar-refractivity contribution in [2.45, 2.75) is 23.7 Å². The van der Waals surface area contributed by atoms with Crippen molar-refractivity contribution in [3.8, 4) is 16.8 Å². The van der Waals surface area contributed by atoms with E-state index in [-0.39, 0.29) is 22.0 Å². The normalized spacial score (nSPS) is 13.7. The fourth-order valence-corrected chi connectivity index (χ4v) is 7.14. The number of hydrogen-bond donors (Lipinski definition) is 2. The molecule has 4 aromatic heterocycles. The van der Waals surface area contributed by atoms with Gasteiger partial charge in [0.2, 0.25) is 5.78 Å². The van der Waals surface area contributed by atoms with Gasteiger partial charge in [0.1, 0.15) is 17.3 Å². The van der Waals surface area contributed by atoms with Gasteiger partial charge in [-0.2, -0.15) is 10.2 Å². The number of aryl methyl sites for hydroxylation is 1. The Kier molecular flexibility index (Phi) is 5.65. The second-order valence-electron chi connectivity index (χ2n) is 11.1. The number of fused-ring (bicyclic) bond motifs is 2. The average Bonchev–Trinajstić information content (AvgIpc) is 3.33. The van der Waals surface area contributed by atoms with E-state index in [0.29, 0.717) is 22.5 Å². The van der Waals surface area contributed by atoms with Crippen molar-refractivity contribution in [1.82, 2.24) is 33.5 Å². The summed E-state index contributed by atoms with van der Waals surface area (Å²) >= 11 is 0. The van der Waals surface area contributed by atoms with E-state index in [2.05, 4.69) is 20.2 Å². The molecule has 0 radical (unpaired) electrons. The quantitative estimate of drug-likeness (QED) is 0.243. The third-order valence-corrected chi connectivity index (χ3v) is 9.80. The summed E-state index contributed by atoms with van der Waals surface area (Å²) in [6.07, 6.45) is 7.18. The zero-order valence-electron chi connectivity index (χ0n) is 23.5. The summed E-state index contributed by atoms with van der Waals surface area (Å²) in [5.41, 5.74) is 10.9. The number of rotatable bonds is 7. The lowest BCUT2D eigenvalue weighted by Gasteiger charge is -2.12. The number of nitrogens with two attached hydrogens (primary N) is 1. The maximum Gasteiger partial charge on any atom is 0.268 e. The lowest BCUT2D eigenvalue weighted by atomic mass is 10.1. The van der Waals surface area contributed by atoms with E-state index in [0.717, 1.165) is 44.8 Å². The minimum absolute atomic E-state index is 0.0449. The smallest absolute Gasteiger partial charge is 0.268 e. The third kappa shape index (κ3) is 4.14. The van der Waals surface area contributed by atoms with Gasteiger partial charge >= 0.3 is 0 Å². The summed E-state index contributed by atoms with van der Waals surface area (Å²) in [5.74, 6) is 0.983. The molecule has 1 saturated carbocycles. The van der Waals surface area contributed by atoms with Gasteiger partial charge in [0, 0.05) is 30.1 Å². The standard InChI is InChI=1S/C32H26N8O3S/c1-38-18-22(16-34-38)20-9-10-21-14-29(40(28(21)13-20)44(42,43)24-5-3-2-4-6-24)30(41)25-17-35-39(31(25)33)23-11-12-26-27(15-23)37-32(36-26)19-7-8-19/h2-6,9-19H,7-8,33H2,1H3,(H,36,37). The molecular weight excluding hydrogens is 576 g/mol. The zero-order chi connectivity index (χ0) is 30.2. The van der Waals surface area contributed by atoms with Gasteiger partial charge < -0.3 is 10.7 Å². The Bertz CT molecular complexity index is 2360. The summed E-state index contributed by atoms with van der Waals surface area (Å²) in [5, 5.41) is 9.25. The van der Waals surface area contributed by atoms with Crippen LogP contribution in [0.3, 0.4) is 0 Å². The molecule has 0 saturated heterocycles. The Morgan fingerprint density at radius 1 is 0.955 bits per heavy atom. The molecule has 7 aromatic rings. The molecule has 0 amide bonds. The van der Waals surface area contributed by atoms with E-state index >= 15 is 0 Å². The second-order valence-corrected chi connectivity index (χ2v) is 12.9. The monoisotopic (exact) mass is 602 g/mol. The first kappa shape index (κ1) is 26.2. The van der Waals surface area contributed by atoms with Gasteiger partial charge in [-0.25, -0.2) is 22.1 Å². The molecule has 4 heterocycles. The van der Waals surface area contributed by atoms with E-state index in [1.165, 1.54) is 23.0 Å². The lowest BCUT2D eigenvalue weighted by Crippen LogP contribution is -2.19. The molecule has 8 rings (SSSR count). The van der Waals surface area contributed by atoms with Crippen molar-refractivity contribution >= 4 is 43.6 Å². The van der Waals surface area contributed by atoms with Gasteiger partial charge in [0.15, 0.2) is 0 Å². The number of carbonyl (C=O) groups is 1. The largest absolute Gasteiger partial charge is 0.383 e. The van der Waals surface area contributed by atoms with Crippen LogP contribution in [0.2, 0.25) is 0 Å². The number of nitrogens with zero attached hydrogens (tertiary/aromatic N) is 6. The lowest BCUT2D eigenvalue weighted by molar-refractivity contribution is 0.103. The highest BCUT2D eigenvalue weighted by molar-refractivity contribution is 7.90. The van der Waals surface area contributed by atoms with Crippen LogP contribution in [0, 0.1) is 0 Å². The number of nitrogens with one attached hydrogen (secondary N) is 1. The maximum absolute atomic E-state index is 14.2. The van der Waals surface area contributed by atoms with E-state index in [1.807, 2.05) is 37.5 Å². The molecular formula is C32H26N8O3S. The SMILES string of the molecule is Cn1cc(-c2ccc3cc(C(=O)c4cnn(-c5ccc6nc(C7CC7)[nH]c6c5)c4N)n(S(=O)(=O)c4ccccc4)c3c2)cn1. The molecule has 3 aromatic carbocycles. The van der Waals surface area contributed by atoms with Gasteiger partial charge in [-0.1, -0.05) is 30.3 Å². The maximum atomic E-state index is 14.2. The molecule has 218 valence electrons. The second kappa shape index (κ2) is 9.51. The van der Waals surface area contributed by atoms with Crippen LogP contribution in [0.5, 0.6) is 0 Å². The fraction of sp³-hybridized carbons (Fsp3) is 0.125.